The third kappa shape index (κ3) is 4.58. The first-order valence-electron chi connectivity index (χ1n) is 8.04. The Morgan fingerprint density at radius 1 is 0.909 bits per heavy atom. The summed E-state index contributed by atoms with van der Waals surface area (Å²) in [4.78, 5) is 2.41. The van der Waals surface area contributed by atoms with Gasteiger partial charge in [-0.3, -0.25) is 0 Å². The van der Waals surface area contributed by atoms with Crippen LogP contribution in [0.4, 0.5) is 0 Å². The minimum atomic E-state index is 0.150. The number of rotatable bonds is 8. The minimum Gasteiger partial charge on any atom is -0.508 e. The van der Waals surface area contributed by atoms with Gasteiger partial charge in [-0.15, -0.1) is 0 Å². The van der Waals surface area contributed by atoms with Gasteiger partial charge in [0.25, 0.3) is 0 Å². The van der Waals surface area contributed by atoms with Crippen LogP contribution < -0.4 is 5.32 Å². The zero-order valence-electron chi connectivity index (χ0n) is 13.5. The molecule has 22 heavy (non-hydrogen) atoms. The Morgan fingerprint density at radius 3 is 2.09 bits per heavy atom. The summed E-state index contributed by atoms with van der Waals surface area (Å²) in [5.41, 5.74) is 2.41. The van der Waals surface area contributed by atoms with Crippen molar-refractivity contribution in [1.82, 2.24) is 10.2 Å². The number of aromatic hydroxyl groups is 1. The Bertz CT molecular complexity index is 535. The van der Waals surface area contributed by atoms with Gasteiger partial charge in [0.1, 0.15) is 5.75 Å². The molecule has 0 saturated carbocycles. The average Bonchev–Trinajstić information content (AvgIpc) is 2.57. The van der Waals surface area contributed by atoms with Crippen molar-refractivity contribution in [2.24, 2.45) is 0 Å². The molecule has 3 heteroatoms. The number of nitrogens with one attached hydrogen (secondary N) is 1. The molecule has 0 amide bonds. The van der Waals surface area contributed by atoms with Crippen molar-refractivity contribution in [2.75, 3.05) is 26.2 Å². The third-order valence-corrected chi connectivity index (χ3v) is 4.03. The van der Waals surface area contributed by atoms with Crippen LogP contribution in [0.15, 0.2) is 54.6 Å². The molecule has 0 fully saturated rings. The van der Waals surface area contributed by atoms with Crippen molar-refractivity contribution in [2.45, 2.75) is 19.9 Å². The van der Waals surface area contributed by atoms with Crippen LogP contribution in [0.2, 0.25) is 0 Å². The molecule has 0 bridgehead atoms. The Labute approximate surface area is 133 Å². The van der Waals surface area contributed by atoms with Gasteiger partial charge in [-0.2, -0.15) is 0 Å². The van der Waals surface area contributed by atoms with Crippen molar-refractivity contribution >= 4 is 0 Å². The van der Waals surface area contributed by atoms with Crippen LogP contribution in [0.1, 0.15) is 31.0 Å². The summed E-state index contributed by atoms with van der Waals surface area (Å²) in [5, 5.41) is 13.1. The topological polar surface area (TPSA) is 35.5 Å². The Balaban J connectivity index is 2.10. The number of hydrogen-bond donors (Lipinski definition) is 2. The molecular weight excluding hydrogens is 272 g/mol. The second-order valence-corrected chi connectivity index (χ2v) is 5.42. The van der Waals surface area contributed by atoms with E-state index in [4.69, 9.17) is 0 Å². The van der Waals surface area contributed by atoms with Gasteiger partial charge in [-0.1, -0.05) is 56.3 Å². The van der Waals surface area contributed by atoms with Gasteiger partial charge in [0.05, 0.1) is 6.04 Å². The highest BCUT2D eigenvalue weighted by Crippen LogP contribution is 2.23. The highest BCUT2D eigenvalue weighted by molar-refractivity contribution is 5.34. The molecule has 0 heterocycles. The summed E-state index contributed by atoms with van der Waals surface area (Å²) < 4.78 is 0. The highest BCUT2D eigenvalue weighted by atomic mass is 16.3. The number of phenols is 1. The van der Waals surface area contributed by atoms with E-state index in [0.29, 0.717) is 5.75 Å². The van der Waals surface area contributed by atoms with Gasteiger partial charge in [-0.25, -0.2) is 0 Å². The van der Waals surface area contributed by atoms with Crippen molar-refractivity contribution in [1.29, 1.82) is 0 Å². The van der Waals surface area contributed by atoms with Crippen LogP contribution in [0.3, 0.4) is 0 Å². The summed E-state index contributed by atoms with van der Waals surface area (Å²) in [6, 6.07) is 18.1. The van der Waals surface area contributed by atoms with E-state index in [1.807, 2.05) is 18.2 Å². The number of benzene rings is 2. The molecule has 0 spiro atoms. The summed E-state index contributed by atoms with van der Waals surface area (Å²) in [7, 11) is 0. The van der Waals surface area contributed by atoms with Gasteiger partial charge < -0.3 is 15.3 Å². The second-order valence-electron chi connectivity index (χ2n) is 5.42. The fraction of sp³-hybridized carbons (Fsp3) is 0.368. The van der Waals surface area contributed by atoms with E-state index in [1.54, 1.807) is 12.1 Å². The maximum atomic E-state index is 9.49. The predicted octanol–water partition coefficient (Wildman–Crippen LogP) is 3.41. The molecule has 2 rings (SSSR count). The van der Waals surface area contributed by atoms with Gasteiger partial charge in [0.15, 0.2) is 0 Å². The molecule has 2 N–H and O–H groups in total. The van der Waals surface area contributed by atoms with Crippen molar-refractivity contribution in [3.8, 4) is 5.75 Å². The van der Waals surface area contributed by atoms with Crippen LogP contribution in [0, 0.1) is 0 Å². The highest BCUT2D eigenvalue weighted by Gasteiger charge is 2.13. The molecule has 0 saturated heterocycles. The Morgan fingerprint density at radius 2 is 1.50 bits per heavy atom. The number of hydrogen-bond acceptors (Lipinski definition) is 3. The van der Waals surface area contributed by atoms with E-state index in [0.717, 1.165) is 26.2 Å². The van der Waals surface area contributed by atoms with Crippen LogP contribution in [-0.4, -0.2) is 36.2 Å². The predicted molar refractivity (Wildman–Crippen MR) is 92.2 cm³/mol. The van der Waals surface area contributed by atoms with E-state index in [-0.39, 0.29) is 6.04 Å². The molecule has 2 aromatic rings. The lowest BCUT2D eigenvalue weighted by Gasteiger charge is -2.23. The molecule has 0 aliphatic rings. The van der Waals surface area contributed by atoms with Crippen LogP contribution in [-0.2, 0) is 0 Å². The number of phenolic OH excluding ortho intramolecular Hbond substituents is 1. The zero-order valence-corrected chi connectivity index (χ0v) is 13.5. The van der Waals surface area contributed by atoms with E-state index in [9.17, 15) is 5.11 Å². The van der Waals surface area contributed by atoms with Crippen molar-refractivity contribution in [3.05, 3.63) is 65.7 Å². The first-order valence-corrected chi connectivity index (χ1v) is 8.04. The van der Waals surface area contributed by atoms with Crippen molar-refractivity contribution < 1.29 is 5.11 Å². The zero-order chi connectivity index (χ0) is 15.8. The molecule has 0 aliphatic carbocycles. The molecule has 1 unspecified atom stereocenters. The molecule has 0 aromatic heterocycles. The smallest absolute Gasteiger partial charge is 0.115 e. The van der Waals surface area contributed by atoms with Gasteiger partial charge >= 0.3 is 0 Å². The van der Waals surface area contributed by atoms with Gasteiger partial charge in [0, 0.05) is 13.1 Å². The van der Waals surface area contributed by atoms with Gasteiger partial charge in [0.2, 0.25) is 0 Å². The molecule has 118 valence electrons. The molecule has 0 aliphatic heterocycles. The quantitative estimate of drug-likeness (QED) is 0.784. The van der Waals surface area contributed by atoms with Crippen LogP contribution in [0.25, 0.3) is 0 Å². The molecule has 2 aromatic carbocycles. The maximum Gasteiger partial charge on any atom is 0.115 e. The summed E-state index contributed by atoms with van der Waals surface area (Å²) in [6.45, 7) is 8.51. The van der Waals surface area contributed by atoms with Crippen molar-refractivity contribution in [3.63, 3.8) is 0 Å². The summed E-state index contributed by atoms with van der Waals surface area (Å²) in [6.07, 6.45) is 0. The lowest BCUT2D eigenvalue weighted by atomic mass is 9.98. The van der Waals surface area contributed by atoms with Crippen LogP contribution >= 0.6 is 0 Å². The summed E-state index contributed by atoms with van der Waals surface area (Å²) >= 11 is 0. The Hall–Kier alpha value is -1.84. The largest absolute Gasteiger partial charge is 0.508 e. The third-order valence-electron chi connectivity index (χ3n) is 4.03. The maximum absolute atomic E-state index is 9.49. The SMILES string of the molecule is CCN(CC)CCNC(c1ccccc1)c1ccc(O)cc1. The molecule has 0 radical (unpaired) electrons. The second kappa shape index (κ2) is 8.57. The van der Waals surface area contributed by atoms with E-state index in [1.165, 1.54) is 11.1 Å². The van der Waals surface area contributed by atoms with E-state index in [2.05, 4.69) is 48.3 Å². The minimum absolute atomic E-state index is 0.150. The van der Waals surface area contributed by atoms with E-state index < -0.39 is 0 Å². The lowest BCUT2D eigenvalue weighted by Crippen LogP contribution is -2.34. The average molecular weight is 298 g/mol. The Kier molecular flexibility index (Phi) is 6.44. The monoisotopic (exact) mass is 298 g/mol. The molecular formula is C19H26N2O. The summed E-state index contributed by atoms with van der Waals surface area (Å²) in [5.74, 6) is 0.304. The first kappa shape index (κ1) is 16.5. The lowest BCUT2D eigenvalue weighted by molar-refractivity contribution is 0.299. The number of likely N-dealkylation sites (N-methyl/N-ethyl adjacent to an activating group) is 1. The molecule has 3 nitrogen and oxygen atoms in total. The number of nitrogens with zero attached hydrogens (tertiary/aromatic N) is 1. The first-order chi connectivity index (χ1) is 10.7. The van der Waals surface area contributed by atoms with E-state index >= 15 is 0 Å². The standard InChI is InChI=1S/C19H26N2O/c1-3-21(4-2)15-14-20-19(16-8-6-5-7-9-16)17-10-12-18(22)13-11-17/h5-13,19-20,22H,3-4,14-15H2,1-2H3. The van der Waals surface area contributed by atoms with Crippen LogP contribution in [0.5, 0.6) is 5.75 Å². The fourth-order valence-corrected chi connectivity index (χ4v) is 2.65. The van der Waals surface area contributed by atoms with Gasteiger partial charge in [-0.05, 0) is 36.3 Å². The molecule has 1 atom stereocenters. The fourth-order valence-electron chi connectivity index (χ4n) is 2.65. The normalized spacial score (nSPS) is 12.5.